The molecule has 0 bridgehead atoms. The van der Waals surface area contributed by atoms with Gasteiger partial charge in [-0.25, -0.2) is 8.42 Å². The Kier molecular flexibility index (Phi) is 4.82. The molecule has 8 nitrogen and oxygen atoms in total. The van der Waals surface area contributed by atoms with Gasteiger partial charge in [-0.2, -0.15) is 0 Å². The molecule has 162 valence electrons. The van der Waals surface area contributed by atoms with Crippen molar-refractivity contribution in [1.82, 2.24) is 15.2 Å². The van der Waals surface area contributed by atoms with Crippen molar-refractivity contribution >= 4 is 37.5 Å². The van der Waals surface area contributed by atoms with E-state index >= 15 is 0 Å². The summed E-state index contributed by atoms with van der Waals surface area (Å²) in [4.78, 5) is 3.49. The first-order valence-corrected chi connectivity index (χ1v) is 11.4. The fraction of sp³-hybridized carbons (Fsp3) is 0.130. The number of aryl methyl sites for hydroxylation is 2. The second-order valence-corrected chi connectivity index (χ2v) is 9.17. The minimum Gasteiger partial charge on any atom is -0.484 e. The van der Waals surface area contributed by atoms with Crippen LogP contribution in [0.3, 0.4) is 0 Å². The Hall–Kier alpha value is -3.85. The van der Waals surface area contributed by atoms with Crippen molar-refractivity contribution in [3.8, 4) is 5.75 Å². The molecule has 0 saturated heterocycles. The molecular weight excluding hydrogens is 428 g/mol. The van der Waals surface area contributed by atoms with Crippen molar-refractivity contribution in [1.29, 1.82) is 0 Å². The average molecular weight is 449 g/mol. The molecule has 0 saturated carbocycles. The Bertz CT molecular complexity index is 1540. The lowest BCUT2D eigenvalue weighted by molar-refractivity contribution is 0.261. The van der Waals surface area contributed by atoms with Crippen LogP contribution in [0.2, 0.25) is 0 Å². The molecule has 9 heteroatoms. The van der Waals surface area contributed by atoms with Crippen molar-refractivity contribution < 1.29 is 17.6 Å². The Balaban J connectivity index is 1.58. The van der Waals surface area contributed by atoms with E-state index in [4.69, 9.17) is 9.15 Å². The molecule has 0 aliphatic rings. The molecule has 0 aliphatic heterocycles. The van der Waals surface area contributed by atoms with E-state index in [0.717, 1.165) is 21.9 Å². The third-order valence-corrected chi connectivity index (χ3v) is 6.48. The van der Waals surface area contributed by atoms with E-state index in [9.17, 15) is 8.42 Å². The van der Waals surface area contributed by atoms with Crippen LogP contribution in [0.1, 0.15) is 17.3 Å². The number of nitrogens with one attached hydrogen (secondary N) is 2. The summed E-state index contributed by atoms with van der Waals surface area (Å²) >= 11 is 0. The van der Waals surface area contributed by atoms with Gasteiger partial charge in [0.15, 0.2) is 6.61 Å². The largest absolute Gasteiger partial charge is 0.484 e. The lowest BCUT2D eigenvalue weighted by atomic mass is 10.1. The number of aromatic amines is 1. The van der Waals surface area contributed by atoms with E-state index < -0.39 is 10.0 Å². The molecule has 0 fully saturated rings. The molecule has 5 rings (SSSR count). The molecule has 0 amide bonds. The van der Waals surface area contributed by atoms with Gasteiger partial charge >= 0.3 is 0 Å². The van der Waals surface area contributed by atoms with Crippen LogP contribution in [0.25, 0.3) is 21.8 Å². The molecule has 2 aromatic heterocycles. The third kappa shape index (κ3) is 3.78. The zero-order valence-corrected chi connectivity index (χ0v) is 18.2. The first-order valence-electron chi connectivity index (χ1n) is 9.95. The molecule has 3 aromatic carbocycles. The molecule has 0 aliphatic carbocycles. The molecule has 2 N–H and O–H groups in total. The monoisotopic (exact) mass is 448 g/mol. The highest BCUT2D eigenvalue weighted by atomic mass is 32.2. The summed E-state index contributed by atoms with van der Waals surface area (Å²) in [6, 6.07) is 18.0. The van der Waals surface area contributed by atoms with Crippen LogP contribution in [0.4, 0.5) is 5.69 Å². The number of hydrogen-bond donors (Lipinski definition) is 2. The minimum absolute atomic E-state index is 0.0683. The van der Waals surface area contributed by atoms with E-state index in [0.29, 0.717) is 28.7 Å². The lowest BCUT2D eigenvalue weighted by Crippen LogP contribution is -2.13. The number of anilines is 1. The number of fused-ring (bicyclic) bond motifs is 3. The number of aromatic nitrogens is 3. The maximum absolute atomic E-state index is 13.1. The number of H-pyrrole nitrogens is 1. The van der Waals surface area contributed by atoms with Gasteiger partial charge in [-0.3, -0.25) is 4.72 Å². The van der Waals surface area contributed by atoms with Crippen molar-refractivity contribution in [2.45, 2.75) is 25.3 Å². The molecular formula is C23H20N4O4S. The highest BCUT2D eigenvalue weighted by molar-refractivity contribution is 7.92. The van der Waals surface area contributed by atoms with E-state index in [-0.39, 0.29) is 11.5 Å². The maximum atomic E-state index is 13.1. The summed E-state index contributed by atoms with van der Waals surface area (Å²) in [5.41, 5.74) is 2.93. The topological polar surface area (TPSA) is 110 Å². The fourth-order valence-corrected chi connectivity index (χ4v) is 4.61. The van der Waals surface area contributed by atoms with Gasteiger partial charge in [-0.1, -0.05) is 35.9 Å². The molecule has 32 heavy (non-hydrogen) atoms. The number of benzene rings is 3. The van der Waals surface area contributed by atoms with Crippen LogP contribution in [0.5, 0.6) is 5.75 Å². The van der Waals surface area contributed by atoms with Gasteiger partial charge in [0.2, 0.25) is 5.89 Å². The molecule has 0 atom stereocenters. The number of hydrogen-bond acceptors (Lipinski definition) is 6. The van der Waals surface area contributed by atoms with Crippen molar-refractivity contribution in [3.05, 3.63) is 78.0 Å². The summed E-state index contributed by atoms with van der Waals surface area (Å²) < 4.78 is 40.1. The number of rotatable bonds is 6. The summed E-state index contributed by atoms with van der Waals surface area (Å²) in [6.45, 7) is 3.68. The van der Waals surface area contributed by atoms with Crippen molar-refractivity contribution in [2.75, 3.05) is 4.72 Å². The van der Waals surface area contributed by atoms with Gasteiger partial charge in [-0.15, -0.1) is 10.2 Å². The van der Waals surface area contributed by atoms with E-state index in [2.05, 4.69) is 19.9 Å². The summed E-state index contributed by atoms with van der Waals surface area (Å²) in [6.07, 6.45) is 0. The van der Waals surface area contributed by atoms with Crippen LogP contribution in [-0.2, 0) is 16.6 Å². The first kappa shape index (κ1) is 20.1. The molecule has 2 heterocycles. The number of nitrogens with zero attached hydrogens (tertiary/aromatic N) is 2. The van der Waals surface area contributed by atoms with Crippen molar-refractivity contribution in [2.24, 2.45) is 0 Å². The zero-order chi connectivity index (χ0) is 22.3. The number of para-hydroxylation sites is 1. The van der Waals surface area contributed by atoms with E-state index in [1.165, 1.54) is 0 Å². The maximum Gasteiger partial charge on any atom is 0.261 e. The van der Waals surface area contributed by atoms with Gasteiger partial charge < -0.3 is 14.1 Å². The number of ether oxygens (including phenoxy) is 1. The smallest absolute Gasteiger partial charge is 0.261 e. The third-order valence-electron chi connectivity index (χ3n) is 5.09. The first-order chi connectivity index (χ1) is 15.4. The fourth-order valence-electron chi connectivity index (χ4n) is 3.55. The predicted octanol–water partition coefficient (Wildman–Crippen LogP) is 4.70. The Labute approximate surface area is 184 Å². The highest BCUT2D eigenvalue weighted by Crippen LogP contribution is 2.35. The zero-order valence-electron chi connectivity index (χ0n) is 17.4. The van der Waals surface area contributed by atoms with Gasteiger partial charge in [-0.05, 0) is 31.2 Å². The average Bonchev–Trinajstić information content (AvgIpc) is 3.36. The van der Waals surface area contributed by atoms with Gasteiger partial charge in [0.25, 0.3) is 15.9 Å². The molecule has 0 radical (unpaired) electrons. The highest BCUT2D eigenvalue weighted by Gasteiger charge is 2.19. The molecule has 0 unspecified atom stereocenters. The quantitative estimate of drug-likeness (QED) is 0.390. The van der Waals surface area contributed by atoms with Crippen LogP contribution < -0.4 is 9.46 Å². The van der Waals surface area contributed by atoms with Crippen molar-refractivity contribution in [3.63, 3.8) is 0 Å². The van der Waals surface area contributed by atoms with Crippen LogP contribution >= 0.6 is 0 Å². The predicted molar refractivity (Wildman–Crippen MR) is 121 cm³/mol. The van der Waals surface area contributed by atoms with Crippen LogP contribution in [0, 0.1) is 13.8 Å². The second kappa shape index (κ2) is 7.69. The summed E-state index contributed by atoms with van der Waals surface area (Å²) in [5, 5.41) is 9.52. The van der Waals surface area contributed by atoms with E-state index in [1.54, 1.807) is 37.3 Å². The lowest BCUT2D eigenvalue weighted by Gasteiger charge is -2.12. The Morgan fingerprint density at radius 2 is 1.78 bits per heavy atom. The number of sulfonamides is 1. The Morgan fingerprint density at radius 3 is 2.53 bits per heavy atom. The standard InChI is InChI=1S/C23H20N4O4S/c1-14-7-9-17(10-8-14)32(28,29)27-21-12-16(30-13-22-26-25-15(2)31-22)11-19-18-5-3-4-6-20(18)24-23(19)21/h3-12,24,27H,13H2,1-2H3. The van der Waals surface area contributed by atoms with Gasteiger partial charge in [0, 0.05) is 29.3 Å². The van der Waals surface area contributed by atoms with Crippen LogP contribution in [-0.4, -0.2) is 23.6 Å². The molecule has 0 spiro atoms. The second-order valence-electron chi connectivity index (χ2n) is 7.49. The van der Waals surface area contributed by atoms with Gasteiger partial charge in [0.05, 0.1) is 16.1 Å². The summed E-state index contributed by atoms with van der Waals surface area (Å²) in [7, 11) is -3.81. The summed E-state index contributed by atoms with van der Waals surface area (Å²) in [5.74, 6) is 1.25. The normalized spacial score (nSPS) is 11.8. The SMILES string of the molecule is Cc1ccc(S(=O)(=O)Nc2cc(OCc3nnc(C)o3)cc3c2[nH]c2ccccc23)cc1. The molecule has 5 aromatic rings. The van der Waals surface area contributed by atoms with Crippen LogP contribution in [0.15, 0.2) is 70.0 Å². The van der Waals surface area contributed by atoms with Gasteiger partial charge in [0.1, 0.15) is 5.75 Å². The Morgan fingerprint density at radius 1 is 1.00 bits per heavy atom. The minimum atomic E-state index is -3.81. The van der Waals surface area contributed by atoms with E-state index in [1.807, 2.05) is 37.3 Å².